The van der Waals surface area contributed by atoms with Gasteiger partial charge in [0.15, 0.2) is 11.8 Å². The van der Waals surface area contributed by atoms with Gasteiger partial charge < -0.3 is 14.6 Å². The second-order valence-corrected chi connectivity index (χ2v) is 7.72. The Kier molecular flexibility index (Phi) is 5.79. The SMILES string of the molecule is O=C(Cc1ccc(Cl)cc1)NC[C@H](c1ccco1)[NH+]1CCc2ccccc2C1. The van der Waals surface area contributed by atoms with E-state index in [-0.39, 0.29) is 11.9 Å². The van der Waals surface area contributed by atoms with Crippen molar-refractivity contribution in [3.8, 4) is 0 Å². The molecule has 1 aliphatic heterocycles. The van der Waals surface area contributed by atoms with E-state index in [1.54, 1.807) is 6.26 Å². The van der Waals surface area contributed by atoms with Crippen molar-refractivity contribution in [2.75, 3.05) is 13.1 Å². The molecule has 28 heavy (non-hydrogen) atoms. The lowest BCUT2D eigenvalue weighted by Crippen LogP contribution is -3.12. The zero-order chi connectivity index (χ0) is 19.3. The fourth-order valence-corrected chi connectivity index (χ4v) is 4.03. The lowest BCUT2D eigenvalue weighted by atomic mass is 9.98. The summed E-state index contributed by atoms with van der Waals surface area (Å²) in [6.07, 6.45) is 3.09. The smallest absolute Gasteiger partial charge is 0.224 e. The summed E-state index contributed by atoms with van der Waals surface area (Å²) in [6.45, 7) is 2.52. The summed E-state index contributed by atoms with van der Waals surface area (Å²) >= 11 is 5.92. The lowest BCUT2D eigenvalue weighted by Gasteiger charge is -2.31. The highest BCUT2D eigenvalue weighted by Gasteiger charge is 2.30. The van der Waals surface area contributed by atoms with E-state index in [2.05, 4.69) is 29.6 Å². The molecule has 1 amide bonds. The van der Waals surface area contributed by atoms with Gasteiger partial charge in [-0.15, -0.1) is 0 Å². The number of rotatable bonds is 6. The van der Waals surface area contributed by atoms with Crippen LogP contribution < -0.4 is 10.2 Å². The number of fused-ring (bicyclic) bond motifs is 1. The topological polar surface area (TPSA) is 46.7 Å². The minimum absolute atomic E-state index is 0.00990. The van der Waals surface area contributed by atoms with E-state index in [1.807, 2.05) is 36.4 Å². The molecule has 2 heterocycles. The van der Waals surface area contributed by atoms with Crippen molar-refractivity contribution in [3.05, 3.63) is 94.4 Å². The molecule has 1 unspecified atom stereocenters. The predicted molar refractivity (Wildman–Crippen MR) is 109 cm³/mol. The molecule has 1 aromatic heterocycles. The summed E-state index contributed by atoms with van der Waals surface area (Å²) in [5.41, 5.74) is 3.76. The summed E-state index contributed by atoms with van der Waals surface area (Å²) < 4.78 is 5.71. The van der Waals surface area contributed by atoms with E-state index in [0.717, 1.165) is 30.8 Å². The maximum absolute atomic E-state index is 12.5. The fourth-order valence-electron chi connectivity index (χ4n) is 3.90. The van der Waals surface area contributed by atoms with Crippen LogP contribution >= 0.6 is 11.6 Å². The molecule has 2 atom stereocenters. The van der Waals surface area contributed by atoms with Gasteiger partial charge in [-0.1, -0.05) is 48.0 Å². The Hall–Kier alpha value is -2.56. The number of amides is 1. The van der Waals surface area contributed by atoms with Crippen LogP contribution in [0, 0.1) is 0 Å². The third-order valence-corrected chi connectivity index (χ3v) is 5.66. The number of nitrogens with one attached hydrogen (secondary N) is 2. The first kappa shape index (κ1) is 18.8. The van der Waals surface area contributed by atoms with Gasteiger partial charge in [-0.25, -0.2) is 0 Å². The molecule has 0 bridgehead atoms. The molecule has 0 radical (unpaired) electrons. The Morgan fingerprint density at radius 3 is 2.61 bits per heavy atom. The number of halogens is 1. The van der Waals surface area contributed by atoms with Crippen molar-refractivity contribution in [2.45, 2.75) is 25.4 Å². The lowest BCUT2D eigenvalue weighted by molar-refractivity contribution is -0.946. The highest BCUT2D eigenvalue weighted by atomic mass is 35.5. The van der Waals surface area contributed by atoms with Gasteiger partial charge in [-0.05, 0) is 35.4 Å². The molecule has 3 aromatic rings. The molecule has 4 nitrogen and oxygen atoms in total. The van der Waals surface area contributed by atoms with Crippen molar-refractivity contribution in [1.82, 2.24) is 5.32 Å². The summed E-state index contributed by atoms with van der Waals surface area (Å²) in [5, 5.41) is 3.78. The molecule has 5 heteroatoms. The molecule has 4 rings (SSSR count). The number of furan rings is 1. The maximum atomic E-state index is 12.5. The Labute approximate surface area is 170 Å². The molecule has 1 aliphatic rings. The Bertz CT molecular complexity index is 922. The van der Waals surface area contributed by atoms with Gasteiger partial charge in [-0.3, -0.25) is 4.79 Å². The van der Waals surface area contributed by atoms with Gasteiger partial charge in [-0.2, -0.15) is 0 Å². The van der Waals surface area contributed by atoms with Gasteiger partial charge in [0.05, 0.1) is 25.8 Å². The van der Waals surface area contributed by atoms with E-state index >= 15 is 0 Å². The highest BCUT2D eigenvalue weighted by Crippen LogP contribution is 2.16. The molecule has 144 valence electrons. The van der Waals surface area contributed by atoms with Gasteiger partial charge >= 0.3 is 0 Å². The number of benzene rings is 2. The number of carbonyl (C=O) groups excluding carboxylic acids is 1. The molecular formula is C23H24ClN2O2+. The minimum atomic E-state index is 0.00990. The second-order valence-electron chi connectivity index (χ2n) is 7.28. The Balaban J connectivity index is 1.43. The predicted octanol–water partition coefficient (Wildman–Crippen LogP) is 2.97. The first-order chi connectivity index (χ1) is 13.7. The van der Waals surface area contributed by atoms with Crippen LogP contribution in [-0.4, -0.2) is 19.0 Å². The summed E-state index contributed by atoms with van der Waals surface area (Å²) in [7, 11) is 0. The van der Waals surface area contributed by atoms with Crippen LogP contribution in [0.1, 0.15) is 28.5 Å². The van der Waals surface area contributed by atoms with Crippen molar-refractivity contribution < 1.29 is 14.1 Å². The van der Waals surface area contributed by atoms with Gasteiger partial charge in [0.2, 0.25) is 5.91 Å². The van der Waals surface area contributed by atoms with Gasteiger partial charge in [0, 0.05) is 17.0 Å². The van der Waals surface area contributed by atoms with E-state index in [0.29, 0.717) is 18.0 Å². The maximum Gasteiger partial charge on any atom is 0.224 e. The van der Waals surface area contributed by atoms with Crippen LogP contribution in [0.4, 0.5) is 0 Å². The number of quaternary nitrogens is 1. The van der Waals surface area contributed by atoms with E-state index < -0.39 is 0 Å². The van der Waals surface area contributed by atoms with Crippen LogP contribution in [-0.2, 0) is 24.2 Å². The van der Waals surface area contributed by atoms with Crippen LogP contribution in [0.5, 0.6) is 0 Å². The first-order valence-corrected chi connectivity index (χ1v) is 10.0. The highest BCUT2D eigenvalue weighted by molar-refractivity contribution is 6.30. The van der Waals surface area contributed by atoms with Crippen molar-refractivity contribution in [2.24, 2.45) is 0 Å². The fraction of sp³-hybridized carbons (Fsp3) is 0.261. The largest absolute Gasteiger partial charge is 0.463 e. The zero-order valence-corrected chi connectivity index (χ0v) is 16.4. The third-order valence-electron chi connectivity index (χ3n) is 5.41. The normalized spacial score (nSPS) is 17.0. The second kappa shape index (κ2) is 8.63. The molecule has 2 aromatic carbocycles. The van der Waals surface area contributed by atoms with Crippen molar-refractivity contribution in [1.29, 1.82) is 0 Å². The quantitative estimate of drug-likeness (QED) is 0.674. The van der Waals surface area contributed by atoms with Crippen LogP contribution in [0.15, 0.2) is 71.3 Å². The van der Waals surface area contributed by atoms with Gasteiger partial charge in [0.1, 0.15) is 6.54 Å². The average molecular weight is 396 g/mol. The zero-order valence-electron chi connectivity index (χ0n) is 15.7. The van der Waals surface area contributed by atoms with E-state index in [1.165, 1.54) is 16.0 Å². The minimum Gasteiger partial charge on any atom is -0.463 e. The summed E-state index contributed by atoms with van der Waals surface area (Å²) in [6, 6.07) is 20.0. The molecule has 2 N–H and O–H groups in total. The summed E-state index contributed by atoms with van der Waals surface area (Å²) in [4.78, 5) is 13.9. The molecule has 0 saturated carbocycles. The van der Waals surface area contributed by atoms with Crippen LogP contribution in [0.2, 0.25) is 5.02 Å². The van der Waals surface area contributed by atoms with Crippen LogP contribution in [0.3, 0.4) is 0 Å². The number of hydrogen-bond donors (Lipinski definition) is 2. The molecule has 0 saturated heterocycles. The standard InChI is InChI=1S/C23H23ClN2O2/c24-20-9-7-17(8-10-20)14-23(27)25-15-21(22-6-3-13-28-22)26-12-11-18-4-1-2-5-19(18)16-26/h1-10,13,21H,11-12,14-16H2,(H,25,27)/p+1/t21-/m1/s1. The van der Waals surface area contributed by atoms with Crippen LogP contribution in [0.25, 0.3) is 0 Å². The third kappa shape index (κ3) is 4.46. The molecular weight excluding hydrogens is 372 g/mol. The summed E-state index contributed by atoms with van der Waals surface area (Å²) in [5.74, 6) is 0.928. The Morgan fingerprint density at radius 2 is 1.86 bits per heavy atom. The molecule has 0 fully saturated rings. The Morgan fingerprint density at radius 1 is 1.07 bits per heavy atom. The van der Waals surface area contributed by atoms with Crippen molar-refractivity contribution >= 4 is 17.5 Å². The molecule has 0 aliphatic carbocycles. The van der Waals surface area contributed by atoms with E-state index in [9.17, 15) is 4.79 Å². The van der Waals surface area contributed by atoms with Gasteiger partial charge in [0.25, 0.3) is 0 Å². The number of carbonyl (C=O) groups is 1. The van der Waals surface area contributed by atoms with Crippen molar-refractivity contribution in [3.63, 3.8) is 0 Å². The number of hydrogen-bond acceptors (Lipinski definition) is 2. The first-order valence-electron chi connectivity index (χ1n) is 9.65. The molecule has 0 spiro atoms. The van der Waals surface area contributed by atoms with E-state index in [4.69, 9.17) is 16.0 Å². The monoisotopic (exact) mass is 395 g/mol. The average Bonchev–Trinajstić information content (AvgIpc) is 3.24.